The number of hydrogen-bond acceptors (Lipinski definition) is 4. The first-order valence-electron chi connectivity index (χ1n) is 8.41. The molecule has 0 aromatic carbocycles. The summed E-state index contributed by atoms with van der Waals surface area (Å²) in [4.78, 5) is 7.12. The van der Waals surface area contributed by atoms with Crippen LogP contribution in [0.5, 0.6) is 0 Å². The van der Waals surface area contributed by atoms with E-state index in [1.807, 2.05) is 4.68 Å². The Morgan fingerprint density at radius 1 is 1.33 bits per heavy atom. The Morgan fingerprint density at radius 3 is 2.62 bits per heavy atom. The third kappa shape index (κ3) is 3.29. The molecule has 0 spiro atoms. The van der Waals surface area contributed by atoms with Gasteiger partial charge in [-0.1, -0.05) is 27.7 Å². The summed E-state index contributed by atoms with van der Waals surface area (Å²) in [5.41, 5.74) is 0.246. The summed E-state index contributed by atoms with van der Waals surface area (Å²) in [6.07, 6.45) is 4.02. The molecule has 21 heavy (non-hydrogen) atoms. The van der Waals surface area contributed by atoms with Gasteiger partial charge in [-0.05, 0) is 25.7 Å². The van der Waals surface area contributed by atoms with Gasteiger partial charge in [-0.2, -0.15) is 5.10 Å². The Morgan fingerprint density at radius 2 is 2.05 bits per heavy atom. The fraction of sp³-hybridized carbons (Fsp3) is 0.875. The average Bonchev–Trinajstić information content (AvgIpc) is 2.94. The van der Waals surface area contributed by atoms with Crippen LogP contribution in [0.3, 0.4) is 0 Å². The first-order valence-corrected chi connectivity index (χ1v) is 8.41. The van der Waals surface area contributed by atoms with Gasteiger partial charge in [-0.15, -0.1) is 0 Å². The number of rotatable bonds is 6. The SMILES string of the molecule is CCn1ncnc1CN1CC(C(C)C)NCC1(CC)CC. The number of aromatic nitrogens is 3. The molecule has 1 fully saturated rings. The van der Waals surface area contributed by atoms with Crippen molar-refractivity contribution in [3.8, 4) is 0 Å². The van der Waals surface area contributed by atoms with Gasteiger partial charge in [0.25, 0.3) is 0 Å². The van der Waals surface area contributed by atoms with E-state index in [1.165, 1.54) is 12.8 Å². The third-order valence-electron chi connectivity index (χ3n) is 5.23. The summed E-state index contributed by atoms with van der Waals surface area (Å²) in [6, 6.07) is 0.564. The molecule has 0 saturated carbocycles. The zero-order valence-corrected chi connectivity index (χ0v) is 14.3. The Kier molecular flexibility index (Phi) is 5.38. The second-order valence-corrected chi connectivity index (χ2v) is 6.54. The second kappa shape index (κ2) is 6.88. The van der Waals surface area contributed by atoms with Crippen LogP contribution in [0.2, 0.25) is 0 Å². The van der Waals surface area contributed by atoms with Crippen molar-refractivity contribution in [2.24, 2.45) is 5.92 Å². The summed E-state index contributed by atoms with van der Waals surface area (Å²) >= 11 is 0. The van der Waals surface area contributed by atoms with Crippen molar-refractivity contribution in [1.82, 2.24) is 25.0 Å². The Bertz CT molecular complexity index is 436. The maximum Gasteiger partial charge on any atom is 0.141 e. The van der Waals surface area contributed by atoms with E-state index in [2.05, 4.69) is 54.9 Å². The van der Waals surface area contributed by atoms with Crippen molar-refractivity contribution in [2.45, 2.75) is 72.1 Å². The molecule has 2 heterocycles. The van der Waals surface area contributed by atoms with E-state index >= 15 is 0 Å². The summed E-state index contributed by atoms with van der Waals surface area (Å²) < 4.78 is 2.02. The molecule has 2 rings (SSSR count). The van der Waals surface area contributed by atoms with E-state index in [0.717, 1.165) is 32.0 Å². The largest absolute Gasteiger partial charge is 0.311 e. The number of nitrogens with zero attached hydrogens (tertiary/aromatic N) is 4. The van der Waals surface area contributed by atoms with Gasteiger partial charge in [0.15, 0.2) is 0 Å². The monoisotopic (exact) mass is 293 g/mol. The van der Waals surface area contributed by atoms with E-state index in [-0.39, 0.29) is 5.54 Å². The molecule has 1 saturated heterocycles. The van der Waals surface area contributed by atoms with E-state index in [0.29, 0.717) is 12.0 Å². The molecule has 0 aliphatic carbocycles. The van der Waals surface area contributed by atoms with Crippen LogP contribution in [0, 0.1) is 5.92 Å². The average molecular weight is 293 g/mol. The molecule has 1 atom stereocenters. The smallest absolute Gasteiger partial charge is 0.141 e. The molecule has 1 unspecified atom stereocenters. The molecular weight excluding hydrogens is 262 g/mol. The van der Waals surface area contributed by atoms with Crippen molar-refractivity contribution in [1.29, 1.82) is 0 Å². The van der Waals surface area contributed by atoms with Gasteiger partial charge in [0.2, 0.25) is 0 Å². The highest BCUT2D eigenvalue weighted by molar-refractivity contribution is 5.00. The summed E-state index contributed by atoms with van der Waals surface area (Å²) in [7, 11) is 0. The van der Waals surface area contributed by atoms with Crippen LogP contribution in [-0.4, -0.2) is 44.3 Å². The van der Waals surface area contributed by atoms with Crippen molar-refractivity contribution >= 4 is 0 Å². The van der Waals surface area contributed by atoms with Crippen LogP contribution in [0.25, 0.3) is 0 Å². The van der Waals surface area contributed by atoms with E-state index in [1.54, 1.807) is 6.33 Å². The van der Waals surface area contributed by atoms with Gasteiger partial charge in [0, 0.05) is 31.2 Å². The van der Waals surface area contributed by atoms with E-state index < -0.39 is 0 Å². The summed E-state index contributed by atoms with van der Waals surface area (Å²) in [5, 5.41) is 8.08. The van der Waals surface area contributed by atoms with Gasteiger partial charge in [0.05, 0.1) is 6.54 Å². The van der Waals surface area contributed by atoms with Crippen LogP contribution in [0.1, 0.15) is 53.3 Å². The van der Waals surface area contributed by atoms with Gasteiger partial charge >= 0.3 is 0 Å². The minimum absolute atomic E-state index is 0.246. The van der Waals surface area contributed by atoms with E-state index in [4.69, 9.17) is 0 Å². The lowest BCUT2D eigenvalue weighted by Gasteiger charge is -2.50. The van der Waals surface area contributed by atoms with Gasteiger partial charge in [-0.25, -0.2) is 9.67 Å². The predicted octanol–water partition coefficient (Wildman–Crippen LogP) is 2.29. The van der Waals surface area contributed by atoms with Crippen molar-refractivity contribution < 1.29 is 0 Å². The standard InChI is InChI=1S/C16H31N5/c1-6-16(7-2)11-17-14(13(4)5)9-20(16)10-15-18-12-19-21(15)8-3/h12-14,17H,6-11H2,1-5H3. The number of hydrogen-bond donors (Lipinski definition) is 1. The lowest BCUT2D eigenvalue weighted by molar-refractivity contribution is 0.0127. The number of aryl methyl sites for hydroxylation is 1. The maximum atomic E-state index is 4.47. The number of piperazine rings is 1. The highest BCUT2D eigenvalue weighted by Gasteiger charge is 2.39. The lowest BCUT2D eigenvalue weighted by atomic mass is 9.85. The van der Waals surface area contributed by atoms with Crippen LogP contribution in [-0.2, 0) is 13.1 Å². The third-order valence-corrected chi connectivity index (χ3v) is 5.23. The molecular formula is C16H31N5. The topological polar surface area (TPSA) is 46.0 Å². The highest BCUT2D eigenvalue weighted by Crippen LogP contribution is 2.29. The quantitative estimate of drug-likeness (QED) is 0.874. The lowest BCUT2D eigenvalue weighted by Crippen LogP contribution is -2.65. The molecule has 0 bridgehead atoms. The van der Waals surface area contributed by atoms with Crippen molar-refractivity contribution in [3.05, 3.63) is 12.2 Å². The molecule has 1 aliphatic heterocycles. The Hall–Kier alpha value is -0.940. The van der Waals surface area contributed by atoms with Crippen molar-refractivity contribution in [3.63, 3.8) is 0 Å². The predicted molar refractivity (Wildman–Crippen MR) is 86.0 cm³/mol. The van der Waals surface area contributed by atoms with Crippen LogP contribution >= 0.6 is 0 Å². The van der Waals surface area contributed by atoms with Crippen LogP contribution in [0.4, 0.5) is 0 Å². The molecule has 1 aliphatic rings. The fourth-order valence-electron chi connectivity index (χ4n) is 3.40. The zero-order valence-electron chi connectivity index (χ0n) is 14.3. The highest BCUT2D eigenvalue weighted by atomic mass is 15.4. The molecule has 1 aromatic heterocycles. The van der Waals surface area contributed by atoms with Gasteiger partial charge < -0.3 is 5.32 Å². The van der Waals surface area contributed by atoms with Gasteiger partial charge in [0.1, 0.15) is 12.2 Å². The zero-order chi connectivity index (χ0) is 15.5. The Balaban J connectivity index is 2.20. The molecule has 0 radical (unpaired) electrons. The van der Waals surface area contributed by atoms with Gasteiger partial charge in [-0.3, -0.25) is 4.90 Å². The summed E-state index contributed by atoms with van der Waals surface area (Å²) in [6.45, 7) is 15.3. The first-order chi connectivity index (χ1) is 10.1. The molecule has 120 valence electrons. The molecule has 5 heteroatoms. The minimum Gasteiger partial charge on any atom is -0.311 e. The summed E-state index contributed by atoms with van der Waals surface area (Å²) in [5.74, 6) is 1.75. The Labute approximate surface area is 129 Å². The molecule has 1 N–H and O–H groups in total. The maximum absolute atomic E-state index is 4.47. The normalized spacial score (nSPS) is 22.9. The molecule has 1 aromatic rings. The first kappa shape index (κ1) is 16.4. The van der Waals surface area contributed by atoms with Crippen LogP contribution < -0.4 is 5.32 Å². The van der Waals surface area contributed by atoms with Crippen molar-refractivity contribution in [2.75, 3.05) is 13.1 Å². The minimum atomic E-state index is 0.246. The molecule has 0 amide bonds. The molecule has 5 nitrogen and oxygen atoms in total. The van der Waals surface area contributed by atoms with Crippen LogP contribution in [0.15, 0.2) is 6.33 Å². The number of nitrogens with one attached hydrogen (secondary N) is 1. The van der Waals surface area contributed by atoms with E-state index in [9.17, 15) is 0 Å². The second-order valence-electron chi connectivity index (χ2n) is 6.54. The fourth-order valence-corrected chi connectivity index (χ4v) is 3.40.